The summed E-state index contributed by atoms with van der Waals surface area (Å²) in [5.41, 5.74) is 1.08. The highest BCUT2D eigenvalue weighted by atomic mass is 32.2. The molecule has 1 aromatic rings. The molecule has 9 nitrogen and oxygen atoms in total. The molecule has 3 N–H and O–H groups in total. The molecule has 2 fully saturated rings. The van der Waals surface area contributed by atoms with Crippen molar-refractivity contribution in [3.8, 4) is 5.75 Å². The van der Waals surface area contributed by atoms with Crippen LogP contribution in [-0.2, 0) is 14.6 Å². The first-order valence-electron chi connectivity index (χ1n) is 10.2. The Hall–Kier alpha value is -2.49. The molecule has 3 rings (SSSR count). The zero-order chi connectivity index (χ0) is 21.6. The minimum atomic E-state index is -2.99. The molecule has 1 aromatic carbocycles. The number of carbonyl (C=O) groups is 1. The van der Waals surface area contributed by atoms with Crippen molar-refractivity contribution in [2.24, 2.45) is 4.99 Å². The Balaban J connectivity index is 1.40. The number of guanidine groups is 1. The number of sulfone groups is 1. The van der Waals surface area contributed by atoms with Gasteiger partial charge in [0, 0.05) is 45.2 Å². The average Bonchev–Trinajstić information content (AvgIpc) is 3.32. The van der Waals surface area contributed by atoms with Gasteiger partial charge < -0.3 is 25.6 Å². The van der Waals surface area contributed by atoms with Crippen LogP contribution in [0.1, 0.15) is 19.3 Å². The molecule has 10 heteroatoms. The minimum Gasteiger partial charge on any atom is -0.495 e. The molecule has 0 aromatic heterocycles. The Labute approximate surface area is 178 Å². The molecule has 0 radical (unpaired) electrons. The zero-order valence-corrected chi connectivity index (χ0v) is 18.4. The Morgan fingerprint density at radius 2 is 2.03 bits per heavy atom. The fourth-order valence-electron chi connectivity index (χ4n) is 3.88. The Bertz CT molecular complexity index is 874. The Morgan fingerprint density at radius 1 is 1.23 bits per heavy atom. The molecule has 0 saturated carbocycles. The van der Waals surface area contributed by atoms with Crippen LogP contribution in [-0.4, -0.2) is 77.7 Å². The fourth-order valence-corrected chi connectivity index (χ4v) is 5.55. The molecular formula is C20H31N5O4S. The van der Waals surface area contributed by atoms with Gasteiger partial charge in [-0.2, -0.15) is 0 Å². The number of anilines is 1. The molecule has 1 amide bonds. The van der Waals surface area contributed by atoms with E-state index in [1.165, 1.54) is 0 Å². The summed E-state index contributed by atoms with van der Waals surface area (Å²) >= 11 is 0. The molecule has 0 spiro atoms. The van der Waals surface area contributed by atoms with Crippen LogP contribution in [0.25, 0.3) is 0 Å². The zero-order valence-electron chi connectivity index (χ0n) is 17.6. The maximum absolute atomic E-state index is 12.1. The van der Waals surface area contributed by atoms with E-state index in [2.05, 4.69) is 31.9 Å². The summed E-state index contributed by atoms with van der Waals surface area (Å²) in [6.45, 7) is 2.17. The first-order valence-corrected chi connectivity index (χ1v) is 12.1. The highest BCUT2D eigenvalue weighted by Crippen LogP contribution is 2.30. The number of methoxy groups -OCH3 is 1. The summed E-state index contributed by atoms with van der Waals surface area (Å²) in [4.78, 5) is 18.6. The number of rotatable bonds is 7. The van der Waals surface area contributed by atoms with E-state index in [1.807, 2.05) is 18.2 Å². The van der Waals surface area contributed by atoms with E-state index in [0.717, 1.165) is 30.9 Å². The number of nitrogens with zero attached hydrogens (tertiary/aromatic N) is 2. The van der Waals surface area contributed by atoms with E-state index in [1.54, 1.807) is 14.2 Å². The van der Waals surface area contributed by atoms with Crippen molar-refractivity contribution in [3.63, 3.8) is 0 Å². The SMILES string of the molecule is CN=C(NCCC(=O)NC1CCS(=O)(=O)C1)NC1CCN(c2ccccc2OC)C1. The van der Waals surface area contributed by atoms with Gasteiger partial charge in [0.15, 0.2) is 15.8 Å². The summed E-state index contributed by atoms with van der Waals surface area (Å²) in [5, 5.41) is 9.37. The van der Waals surface area contributed by atoms with Crippen LogP contribution in [0.2, 0.25) is 0 Å². The number of hydrogen-bond acceptors (Lipinski definition) is 6. The predicted molar refractivity (Wildman–Crippen MR) is 118 cm³/mol. The van der Waals surface area contributed by atoms with Gasteiger partial charge in [0.05, 0.1) is 24.3 Å². The second-order valence-electron chi connectivity index (χ2n) is 7.66. The average molecular weight is 438 g/mol. The Kier molecular flexibility index (Phi) is 7.41. The lowest BCUT2D eigenvalue weighted by atomic mass is 10.2. The fraction of sp³-hybridized carbons (Fsp3) is 0.600. The predicted octanol–water partition coefficient (Wildman–Crippen LogP) is 0.132. The quantitative estimate of drug-likeness (QED) is 0.411. The van der Waals surface area contributed by atoms with Gasteiger partial charge in [0.2, 0.25) is 5.91 Å². The number of nitrogens with one attached hydrogen (secondary N) is 3. The summed E-state index contributed by atoms with van der Waals surface area (Å²) < 4.78 is 28.4. The summed E-state index contributed by atoms with van der Waals surface area (Å²) in [6, 6.07) is 7.95. The molecule has 2 aliphatic heterocycles. The summed E-state index contributed by atoms with van der Waals surface area (Å²) in [6.07, 6.45) is 1.72. The summed E-state index contributed by atoms with van der Waals surface area (Å²) in [5.74, 6) is 1.56. The van der Waals surface area contributed by atoms with Crippen molar-refractivity contribution in [1.82, 2.24) is 16.0 Å². The highest BCUT2D eigenvalue weighted by Gasteiger charge is 2.29. The number of benzene rings is 1. The number of ether oxygens (including phenoxy) is 1. The van der Waals surface area contributed by atoms with Gasteiger partial charge in [-0.25, -0.2) is 8.42 Å². The second kappa shape index (κ2) is 10.0. The maximum Gasteiger partial charge on any atom is 0.222 e. The van der Waals surface area contributed by atoms with Gasteiger partial charge in [-0.1, -0.05) is 12.1 Å². The molecule has 2 heterocycles. The van der Waals surface area contributed by atoms with Crippen molar-refractivity contribution in [3.05, 3.63) is 24.3 Å². The molecule has 0 aliphatic carbocycles. The third kappa shape index (κ3) is 6.01. The van der Waals surface area contributed by atoms with Gasteiger partial charge in [-0.15, -0.1) is 0 Å². The molecule has 2 aliphatic rings. The topological polar surface area (TPSA) is 112 Å². The molecule has 166 valence electrons. The van der Waals surface area contributed by atoms with E-state index in [4.69, 9.17) is 4.74 Å². The second-order valence-corrected chi connectivity index (χ2v) is 9.89. The minimum absolute atomic E-state index is 0.0414. The monoisotopic (exact) mass is 437 g/mol. The van der Waals surface area contributed by atoms with Gasteiger partial charge in [0.25, 0.3) is 0 Å². The van der Waals surface area contributed by atoms with Crippen molar-refractivity contribution >= 4 is 27.4 Å². The normalized spacial score (nSPS) is 23.3. The van der Waals surface area contributed by atoms with Crippen LogP contribution in [0.4, 0.5) is 5.69 Å². The number of hydrogen-bond donors (Lipinski definition) is 3. The van der Waals surface area contributed by atoms with Gasteiger partial charge >= 0.3 is 0 Å². The van der Waals surface area contributed by atoms with E-state index in [0.29, 0.717) is 18.9 Å². The van der Waals surface area contributed by atoms with Gasteiger partial charge in [-0.05, 0) is 25.0 Å². The lowest BCUT2D eigenvalue weighted by Gasteiger charge is -2.22. The standard InChI is InChI=1S/C20H31N5O4S/c1-21-20(22-10-7-19(26)23-16-9-12-30(27,28)14-16)24-15-8-11-25(13-15)17-5-3-4-6-18(17)29-2/h3-6,15-16H,7-14H2,1-2H3,(H,23,26)(H2,21,22,24). The van der Waals surface area contributed by atoms with Crippen LogP contribution in [0.5, 0.6) is 5.75 Å². The lowest BCUT2D eigenvalue weighted by Crippen LogP contribution is -2.45. The van der Waals surface area contributed by atoms with Crippen LogP contribution < -0.4 is 25.6 Å². The van der Waals surface area contributed by atoms with Crippen molar-refractivity contribution in [2.45, 2.75) is 31.3 Å². The largest absolute Gasteiger partial charge is 0.495 e. The number of para-hydroxylation sites is 2. The van der Waals surface area contributed by atoms with E-state index in [9.17, 15) is 13.2 Å². The first-order chi connectivity index (χ1) is 14.4. The van der Waals surface area contributed by atoms with Crippen molar-refractivity contribution in [1.29, 1.82) is 0 Å². The smallest absolute Gasteiger partial charge is 0.222 e. The molecule has 0 bridgehead atoms. The molecule has 2 saturated heterocycles. The van der Waals surface area contributed by atoms with Gasteiger partial charge in [0.1, 0.15) is 5.75 Å². The third-order valence-electron chi connectivity index (χ3n) is 5.42. The van der Waals surface area contributed by atoms with Crippen LogP contribution in [0.3, 0.4) is 0 Å². The van der Waals surface area contributed by atoms with Crippen LogP contribution >= 0.6 is 0 Å². The molecule has 2 unspecified atom stereocenters. The molecule has 2 atom stereocenters. The van der Waals surface area contributed by atoms with Crippen molar-refractivity contribution in [2.75, 3.05) is 50.2 Å². The molecular weight excluding hydrogens is 406 g/mol. The molecule has 30 heavy (non-hydrogen) atoms. The number of amides is 1. The number of aliphatic imine (C=N–C) groups is 1. The van der Waals surface area contributed by atoms with E-state index >= 15 is 0 Å². The van der Waals surface area contributed by atoms with Gasteiger partial charge in [-0.3, -0.25) is 9.79 Å². The maximum atomic E-state index is 12.1. The summed E-state index contributed by atoms with van der Waals surface area (Å²) in [7, 11) is 0.386. The third-order valence-corrected chi connectivity index (χ3v) is 7.19. The van der Waals surface area contributed by atoms with E-state index < -0.39 is 9.84 Å². The highest BCUT2D eigenvalue weighted by molar-refractivity contribution is 7.91. The number of carbonyl (C=O) groups excluding carboxylic acids is 1. The van der Waals surface area contributed by atoms with Crippen molar-refractivity contribution < 1.29 is 17.9 Å². The van der Waals surface area contributed by atoms with E-state index in [-0.39, 0.29) is 35.9 Å². The lowest BCUT2D eigenvalue weighted by molar-refractivity contribution is -0.121. The van der Waals surface area contributed by atoms with Crippen LogP contribution in [0.15, 0.2) is 29.3 Å². The first kappa shape index (κ1) is 22.2. The van der Waals surface area contributed by atoms with Crippen LogP contribution in [0, 0.1) is 0 Å². The Morgan fingerprint density at radius 3 is 2.73 bits per heavy atom.